The van der Waals surface area contributed by atoms with E-state index in [-0.39, 0.29) is 0 Å². The highest BCUT2D eigenvalue weighted by Crippen LogP contribution is 2.15. The third kappa shape index (κ3) is 5.73. The van der Waals surface area contributed by atoms with E-state index in [4.69, 9.17) is 4.74 Å². The lowest BCUT2D eigenvalue weighted by atomic mass is 10.1. The van der Waals surface area contributed by atoms with Crippen molar-refractivity contribution in [1.29, 1.82) is 0 Å². The zero-order valence-corrected chi connectivity index (χ0v) is 11.3. The molecule has 0 bridgehead atoms. The minimum absolute atomic E-state index is 0.637. The van der Waals surface area contributed by atoms with E-state index in [0.717, 1.165) is 25.4 Å². The quantitative estimate of drug-likeness (QED) is 0.743. The van der Waals surface area contributed by atoms with Crippen LogP contribution in [0.15, 0.2) is 24.3 Å². The van der Waals surface area contributed by atoms with Crippen LogP contribution in [0.5, 0.6) is 5.75 Å². The van der Waals surface area contributed by atoms with E-state index < -0.39 is 0 Å². The summed E-state index contributed by atoms with van der Waals surface area (Å²) in [6.07, 6.45) is 2.46. The maximum Gasteiger partial charge on any atom is 0.119 e. The first-order valence-electron chi connectivity index (χ1n) is 6.68. The van der Waals surface area contributed by atoms with Gasteiger partial charge in [-0.25, -0.2) is 0 Å². The average molecular weight is 235 g/mol. The first kappa shape index (κ1) is 14.0. The normalized spacial score (nSPS) is 12.4. The predicted molar refractivity (Wildman–Crippen MR) is 73.4 cm³/mol. The average Bonchev–Trinajstić information content (AvgIpc) is 2.35. The van der Waals surface area contributed by atoms with Gasteiger partial charge in [-0.3, -0.25) is 0 Å². The van der Waals surface area contributed by atoms with E-state index in [1.165, 1.54) is 18.4 Å². The molecule has 1 N–H and O–H groups in total. The summed E-state index contributed by atoms with van der Waals surface area (Å²) in [5.41, 5.74) is 1.28. The summed E-state index contributed by atoms with van der Waals surface area (Å²) in [6, 6.07) is 8.35. The monoisotopic (exact) mass is 235 g/mol. The Bertz CT molecular complexity index is 312. The summed E-state index contributed by atoms with van der Waals surface area (Å²) in [7, 11) is 0. The lowest BCUT2D eigenvalue weighted by Crippen LogP contribution is -2.12. The first-order valence-corrected chi connectivity index (χ1v) is 6.68. The van der Waals surface area contributed by atoms with Crippen molar-refractivity contribution < 1.29 is 4.74 Å². The topological polar surface area (TPSA) is 21.3 Å². The molecule has 1 unspecified atom stereocenters. The maximum absolute atomic E-state index is 5.81. The van der Waals surface area contributed by atoms with Gasteiger partial charge >= 0.3 is 0 Å². The Labute approximate surface area is 105 Å². The van der Waals surface area contributed by atoms with E-state index in [9.17, 15) is 0 Å². The van der Waals surface area contributed by atoms with Crippen LogP contribution in [0.1, 0.15) is 39.2 Å². The smallest absolute Gasteiger partial charge is 0.119 e. The van der Waals surface area contributed by atoms with Crippen molar-refractivity contribution in [3.63, 3.8) is 0 Å². The van der Waals surface area contributed by atoms with Crippen molar-refractivity contribution in [2.24, 2.45) is 5.92 Å². The zero-order chi connectivity index (χ0) is 12.5. The molecule has 0 heterocycles. The first-order chi connectivity index (χ1) is 8.26. The number of ether oxygens (including phenoxy) is 1. The third-order valence-corrected chi connectivity index (χ3v) is 2.79. The number of rotatable bonds is 8. The molecular formula is C15H25NO. The number of nitrogens with one attached hydrogen (secondary N) is 1. The molecule has 0 amide bonds. The van der Waals surface area contributed by atoms with Gasteiger partial charge in [0.05, 0.1) is 6.61 Å². The maximum atomic E-state index is 5.81. The van der Waals surface area contributed by atoms with Crippen LogP contribution in [0.25, 0.3) is 0 Å². The van der Waals surface area contributed by atoms with Crippen molar-refractivity contribution in [1.82, 2.24) is 5.32 Å². The second kappa shape index (κ2) is 8.13. The van der Waals surface area contributed by atoms with Crippen molar-refractivity contribution in [3.05, 3.63) is 29.8 Å². The third-order valence-electron chi connectivity index (χ3n) is 2.79. The SMILES string of the molecule is CCCC(C)COc1cccc(CNCC)c1. The molecular weight excluding hydrogens is 210 g/mol. The van der Waals surface area contributed by atoms with Gasteiger partial charge in [0.25, 0.3) is 0 Å². The molecule has 0 radical (unpaired) electrons. The van der Waals surface area contributed by atoms with Gasteiger partial charge in [-0.05, 0) is 36.6 Å². The standard InChI is InChI=1S/C15H25NO/c1-4-7-13(3)12-17-15-9-6-8-14(10-15)11-16-5-2/h6,8-10,13,16H,4-5,7,11-12H2,1-3H3. The summed E-state index contributed by atoms with van der Waals surface area (Å²) in [6.45, 7) is 9.31. The fourth-order valence-corrected chi connectivity index (χ4v) is 1.83. The Kier molecular flexibility index (Phi) is 6.71. The molecule has 0 spiro atoms. The Morgan fingerprint density at radius 2 is 2.12 bits per heavy atom. The van der Waals surface area contributed by atoms with E-state index in [2.05, 4.69) is 44.3 Å². The highest BCUT2D eigenvalue weighted by molar-refractivity contribution is 5.28. The van der Waals surface area contributed by atoms with Crippen LogP contribution in [0, 0.1) is 5.92 Å². The van der Waals surface area contributed by atoms with E-state index in [0.29, 0.717) is 5.92 Å². The molecule has 0 fully saturated rings. The molecule has 0 aliphatic heterocycles. The summed E-state index contributed by atoms with van der Waals surface area (Å²) >= 11 is 0. The molecule has 96 valence electrons. The van der Waals surface area contributed by atoms with Gasteiger partial charge in [-0.2, -0.15) is 0 Å². The van der Waals surface area contributed by atoms with Crippen LogP contribution >= 0.6 is 0 Å². The van der Waals surface area contributed by atoms with Crippen LogP contribution < -0.4 is 10.1 Å². The summed E-state index contributed by atoms with van der Waals surface area (Å²) in [4.78, 5) is 0. The Morgan fingerprint density at radius 3 is 2.82 bits per heavy atom. The van der Waals surface area contributed by atoms with Gasteiger partial charge in [0, 0.05) is 6.54 Å². The van der Waals surface area contributed by atoms with Crippen LogP contribution in [0.2, 0.25) is 0 Å². The van der Waals surface area contributed by atoms with Gasteiger partial charge in [0.1, 0.15) is 5.75 Å². The molecule has 2 heteroatoms. The van der Waals surface area contributed by atoms with Gasteiger partial charge in [-0.15, -0.1) is 0 Å². The van der Waals surface area contributed by atoms with E-state index in [1.807, 2.05) is 6.07 Å². The molecule has 0 aliphatic carbocycles. The summed E-state index contributed by atoms with van der Waals surface area (Å²) < 4.78 is 5.81. The number of hydrogen-bond acceptors (Lipinski definition) is 2. The molecule has 0 saturated carbocycles. The fourth-order valence-electron chi connectivity index (χ4n) is 1.83. The number of hydrogen-bond donors (Lipinski definition) is 1. The Morgan fingerprint density at radius 1 is 1.29 bits per heavy atom. The second-order valence-electron chi connectivity index (χ2n) is 4.63. The van der Waals surface area contributed by atoms with Crippen LogP contribution in [-0.4, -0.2) is 13.2 Å². The molecule has 2 nitrogen and oxygen atoms in total. The van der Waals surface area contributed by atoms with Crippen LogP contribution in [-0.2, 0) is 6.54 Å². The van der Waals surface area contributed by atoms with Gasteiger partial charge in [0.15, 0.2) is 0 Å². The molecule has 1 aromatic carbocycles. The molecule has 1 atom stereocenters. The highest BCUT2D eigenvalue weighted by atomic mass is 16.5. The van der Waals surface area contributed by atoms with Gasteiger partial charge in [0.2, 0.25) is 0 Å². The van der Waals surface area contributed by atoms with Crippen molar-refractivity contribution in [3.8, 4) is 5.75 Å². The largest absolute Gasteiger partial charge is 0.493 e. The minimum atomic E-state index is 0.637. The fraction of sp³-hybridized carbons (Fsp3) is 0.600. The molecule has 1 rings (SSSR count). The van der Waals surface area contributed by atoms with Crippen molar-refractivity contribution in [2.45, 2.75) is 40.2 Å². The molecule has 0 aromatic heterocycles. The summed E-state index contributed by atoms with van der Waals surface area (Å²) in [5.74, 6) is 1.63. The molecule has 17 heavy (non-hydrogen) atoms. The highest BCUT2D eigenvalue weighted by Gasteiger charge is 2.02. The van der Waals surface area contributed by atoms with E-state index >= 15 is 0 Å². The molecule has 0 saturated heterocycles. The predicted octanol–water partition coefficient (Wildman–Crippen LogP) is 3.61. The van der Waals surface area contributed by atoms with Gasteiger partial charge in [-0.1, -0.05) is 39.3 Å². The Balaban J connectivity index is 2.42. The van der Waals surface area contributed by atoms with Crippen molar-refractivity contribution in [2.75, 3.05) is 13.2 Å². The lowest BCUT2D eigenvalue weighted by Gasteiger charge is -2.13. The lowest BCUT2D eigenvalue weighted by molar-refractivity contribution is 0.251. The van der Waals surface area contributed by atoms with Crippen molar-refractivity contribution >= 4 is 0 Å². The van der Waals surface area contributed by atoms with Gasteiger partial charge < -0.3 is 10.1 Å². The second-order valence-corrected chi connectivity index (χ2v) is 4.63. The molecule has 0 aliphatic rings. The Hall–Kier alpha value is -1.02. The van der Waals surface area contributed by atoms with E-state index in [1.54, 1.807) is 0 Å². The van der Waals surface area contributed by atoms with Crippen LogP contribution in [0.3, 0.4) is 0 Å². The minimum Gasteiger partial charge on any atom is -0.493 e. The number of benzene rings is 1. The van der Waals surface area contributed by atoms with Crippen LogP contribution in [0.4, 0.5) is 0 Å². The summed E-state index contributed by atoms with van der Waals surface area (Å²) in [5, 5.41) is 3.32. The molecule has 1 aromatic rings. The zero-order valence-electron chi connectivity index (χ0n) is 11.3.